The van der Waals surface area contributed by atoms with Gasteiger partial charge in [0.05, 0.1) is 18.4 Å². The van der Waals surface area contributed by atoms with Gasteiger partial charge >= 0.3 is 5.97 Å². The van der Waals surface area contributed by atoms with E-state index in [4.69, 9.17) is 5.11 Å². The molecule has 4 nitrogen and oxygen atoms in total. The van der Waals surface area contributed by atoms with Gasteiger partial charge in [0.15, 0.2) is 0 Å². The Morgan fingerprint density at radius 3 is 2.41 bits per heavy atom. The number of carboxylic acids is 1. The summed E-state index contributed by atoms with van der Waals surface area (Å²) in [7, 11) is 0. The van der Waals surface area contributed by atoms with Crippen LogP contribution in [0.3, 0.4) is 0 Å². The van der Waals surface area contributed by atoms with Gasteiger partial charge in [0.25, 0.3) is 6.43 Å². The van der Waals surface area contributed by atoms with E-state index in [-0.39, 0.29) is 5.92 Å². The van der Waals surface area contributed by atoms with Crippen LogP contribution in [0.5, 0.6) is 0 Å². The first kappa shape index (κ1) is 13.9. The van der Waals surface area contributed by atoms with Crippen molar-refractivity contribution in [1.82, 2.24) is 5.32 Å². The van der Waals surface area contributed by atoms with E-state index in [0.717, 1.165) is 6.42 Å². The number of hydrogen-bond acceptors (Lipinski definition) is 2. The van der Waals surface area contributed by atoms with E-state index in [1.54, 1.807) is 0 Å². The number of rotatable bonds is 5. The molecule has 3 unspecified atom stereocenters. The van der Waals surface area contributed by atoms with Gasteiger partial charge in [-0.3, -0.25) is 9.59 Å². The van der Waals surface area contributed by atoms with Gasteiger partial charge in [0.1, 0.15) is 0 Å². The van der Waals surface area contributed by atoms with Crippen molar-refractivity contribution in [1.29, 1.82) is 0 Å². The molecule has 1 rings (SSSR count). The molecule has 3 atom stereocenters. The molecule has 1 amide bonds. The molecule has 1 aliphatic rings. The molecule has 0 radical (unpaired) electrons. The first-order chi connectivity index (χ1) is 7.95. The molecule has 0 saturated heterocycles. The summed E-state index contributed by atoms with van der Waals surface area (Å²) in [5, 5.41) is 11.1. The zero-order valence-corrected chi connectivity index (χ0v) is 9.66. The largest absolute Gasteiger partial charge is 0.481 e. The van der Waals surface area contributed by atoms with E-state index in [9.17, 15) is 18.4 Å². The predicted molar refractivity (Wildman–Crippen MR) is 56.6 cm³/mol. The van der Waals surface area contributed by atoms with Gasteiger partial charge < -0.3 is 10.4 Å². The minimum atomic E-state index is -2.61. The molecule has 0 aromatic rings. The maximum Gasteiger partial charge on any atom is 0.307 e. The lowest BCUT2D eigenvalue weighted by Gasteiger charge is -2.15. The van der Waals surface area contributed by atoms with Crippen molar-refractivity contribution in [2.45, 2.75) is 32.6 Å². The van der Waals surface area contributed by atoms with Crippen molar-refractivity contribution < 1.29 is 23.5 Å². The number of nitrogens with one attached hydrogen (secondary N) is 1. The minimum absolute atomic E-state index is 0.193. The Labute approximate surface area is 98.4 Å². The summed E-state index contributed by atoms with van der Waals surface area (Å²) >= 11 is 0. The molecular formula is C11H17F2NO3. The molecule has 2 N–H and O–H groups in total. The van der Waals surface area contributed by atoms with E-state index in [1.807, 2.05) is 6.92 Å². The zero-order chi connectivity index (χ0) is 13.0. The average Bonchev–Trinajstić information content (AvgIpc) is 2.69. The monoisotopic (exact) mass is 249 g/mol. The average molecular weight is 249 g/mol. The topological polar surface area (TPSA) is 66.4 Å². The number of aliphatic carboxylic acids is 1. The Hall–Kier alpha value is -1.20. The fraction of sp³-hybridized carbons (Fsp3) is 0.818. The highest BCUT2D eigenvalue weighted by Gasteiger charge is 2.42. The third-order valence-electron chi connectivity index (χ3n) is 3.32. The molecule has 1 fully saturated rings. The van der Waals surface area contributed by atoms with Gasteiger partial charge in [-0.15, -0.1) is 0 Å². The molecule has 0 bridgehead atoms. The number of carbonyl (C=O) groups is 2. The molecule has 0 spiro atoms. The second-order valence-corrected chi connectivity index (χ2v) is 4.43. The first-order valence-corrected chi connectivity index (χ1v) is 5.74. The van der Waals surface area contributed by atoms with Crippen LogP contribution in [-0.2, 0) is 9.59 Å². The Kier molecular flexibility index (Phi) is 4.84. The molecular weight excluding hydrogens is 232 g/mol. The highest BCUT2D eigenvalue weighted by atomic mass is 19.3. The first-order valence-electron chi connectivity index (χ1n) is 5.74. The van der Waals surface area contributed by atoms with Gasteiger partial charge in [-0.05, 0) is 18.8 Å². The molecule has 0 aromatic carbocycles. The molecule has 0 aromatic heterocycles. The lowest BCUT2D eigenvalue weighted by molar-refractivity contribution is -0.146. The van der Waals surface area contributed by atoms with Crippen molar-refractivity contribution in [3.63, 3.8) is 0 Å². The van der Waals surface area contributed by atoms with Gasteiger partial charge in [-0.1, -0.05) is 13.3 Å². The van der Waals surface area contributed by atoms with Gasteiger partial charge in [0.2, 0.25) is 5.91 Å². The number of halogens is 2. The summed E-state index contributed by atoms with van der Waals surface area (Å²) in [4.78, 5) is 22.6. The van der Waals surface area contributed by atoms with Crippen LogP contribution < -0.4 is 5.32 Å². The molecule has 17 heavy (non-hydrogen) atoms. The maximum atomic E-state index is 11.9. The van der Waals surface area contributed by atoms with Gasteiger partial charge in [-0.2, -0.15) is 0 Å². The minimum Gasteiger partial charge on any atom is -0.481 e. The Bertz CT molecular complexity index is 296. The van der Waals surface area contributed by atoms with E-state index in [1.165, 1.54) is 0 Å². The van der Waals surface area contributed by atoms with Crippen molar-refractivity contribution >= 4 is 11.9 Å². The molecule has 1 aliphatic carbocycles. The third kappa shape index (κ3) is 3.64. The zero-order valence-electron chi connectivity index (χ0n) is 9.66. The van der Waals surface area contributed by atoms with Crippen LogP contribution in [0.1, 0.15) is 26.2 Å². The second kappa shape index (κ2) is 5.93. The van der Waals surface area contributed by atoms with Crippen molar-refractivity contribution in [2.75, 3.05) is 6.54 Å². The maximum absolute atomic E-state index is 11.9. The Morgan fingerprint density at radius 2 is 1.94 bits per heavy atom. The Morgan fingerprint density at radius 1 is 1.35 bits per heavy atom. The molecule has 0 heterocycles. The number of carbonyl (C=O) groups excluding carboxylic acids is 1. The molecule has 1 saturated carbocycles. The lowest BCUT2D eigenvalue weighted by Crippen LogP contribution is -2.37. The standard InChI is InChI=1S/C11H17F2NO3/c1-2-6-3-7(8(4-6)11(16)17)10(15)14-5-9(12)13/h6-9H,2-5H2,1H3,(H,14,15)(H,16,17). The Balaban J connectivity index is 2.60. The molecule has 98 valence electrons. The summed E-state index contributed by atoms with van der Waals surface area (Å²) in [6.07, 6.45) is -0.866. The fourth-order valence-corrected chi connectivity index (χ4v) is 2.35. The van der Waals surface area contributed by atoms with Crippen LogP contribution in [0, 0.1) is 17.8 Å². The number of hydrogen-bond donors (Lipinski definition) is 2. The smallest absolute Gasteiger partial charge is 0.307 e. The van der Waals surface area contributed by atoms with Gasteiger partial charge in [0, 0.05) is 0 Å². The van der Waals surface area contributed by atoms with E-state index in [2.05, 4.69) is 5.32 Å². The summed E-state index contributed by atoms with van der Waals surface area (Å²) < 4.78 is 23.9. The predicted octanol–water partition coefficient (Wildman–Crippen LogP) is 1.50. The second-order valence-electron chi connectivity index (χ2n) is 4.43. The summed E-state index contributed by atoms with van der Waals surface area (Å²) in [5.74, 6) is -2.79. The highest BCUT2D eigenvalue weighted by Crippen LogP contribution is 2.38. The van der Waals surface area contributed by atoms with Crippen LogP contribution in [0.15, 0.2) is 0 Å². The quantitative estimate of drug-likeness (QED) is 0.776. The van der Waals surface area contributed by atoms with Crippen molar-refractivity contribution in [2.24, 2.45) is 17.8 Å². The number of carboxylic acid groups (broad SMARTS) is 1. The van der Waals surface area contributed by atoms with Crippen molar-refractivity contribution in [3.05, 3.63) is 0 Å². The SMILES string of the molecule is CCC1CC(C(=O)O)C(C(=O)NCC(F)F)C1. The number of amides is 1. The van der Waals surface area contributed by atoms with Crippen LogP contribution in [0.25, 0.3) is 0 Å². The third-order valence-corrected chi connectivity index (χ3v) is 3.32. The normalized spacial score (nSPS) is 28.4. The molecule has 0 aliphatic heterocycles. The lowest BCUT2D eigenvalue weighted by atomic mass is 9.95. The van der Waals surface area contributed by atoms with Crippen LogP contribution in [0.4, 0.5) is 8.78 Å². The summed E-state index contributed by atoms with van der Waals surface area (Å²) in [5.41, 5.74) is 0. The van der Waals surface area contributed by atoms with Gasteiger partial charge in [-0.25, -0.2) is 8.78 Å². The summed E-state index contributed by atoms with van der Waals surface area (Å²) in [6.45, 7) is 1.22. The number of alkyl halides is 2. The fourth-order valence-electron chi connectivity index (χ4n) is 2.35. The van der Waals surface area contributed by atoms with E-state index < -0.39 is 36.7 Å². The van der Waals surface area contributed by atoms with E-state index in [0.29, 0.717) is 12.8 Å². The summed E-state index contributed by atoms with van der Waals surface area (Å²) in [6, 6.07) is 0. The van der Waals surface area contributed by atoms with Crippen molar-refractivity contribution in [3.8, 4) is 0 Å². The van der Waals surface area contributed by atoms with Crippen LogP contribution in [-0.4, -0.2) is 30.0 Å². The van der Waals surface area contributed by atoms with Crippen LogP contribution in [0.2, 0.25) is 0 Å². The highest BCUT2D eigenvalue weighted by molar-refractivity contribution is 5.85. The molecule has 6 heteroatoms. The van der Waals surface area contributed by atoms with Crippen LogP contribution >= 0.6 is 0 Å². The van der Waals surface area contributed by atoms with E-state index >= 15 is 0 Å².